The number of carboxylic acid groups (broad SMARTS) is 1. The lowest BCUT2D eigenvalue weighted by Gasteiger charge is -2.13. The van der Waals surface area contributed by atoms with Crippen molar-refractivity contribution in [3.8, 4) is 0 Å². The third-order valence-electron chi connectivity index (χ3n) is 2.11. The number of aromatic nitrogens is 4. The first-order chi connectivity index (χ1) is 7.27. The maximum atomic E-state index is 11.0. The van der Waals surface area contributed by atoms with Crippen molar-refractivity contribution in [2.45, 2.75) is 12.6 Å². The number of hydrogen-bond donors (Lipinski definition) is 1. The Balaban J connectivity index is 2.18. The summed E-state index contributed by atoms with van der Waals surface area (Å²) in [5.41, 5.74) is 0. The summed E-state index contributed by atoms with van der Waals surface area (Å²) in [6.07, 6.45) is 9.63. The van der Waals surface area contributed by atoms with Gasteiger partial charge in [-0.1, -0.05) is 0 Å². The standard InChI is InChI=1S/C9H10N4O2/c14-9(15)8(13-4-2-11-7-13)5-12-3-1-10-6-12/h1-4,6-8H,5H2,(H,14,15). The third kappa shape index (κ3) is 2.04. The molecule has 78 valence electrons. The highest BCUT2D eigenvalue weighted by Gasteiger charge is 2.18. The van der Waals surface area contributed by atoms with E-state index in [9.17, 15) is 4.79 Å². The molecule has 6 nitrogen and oxygen atoms in total. The highest BCUT2D eigenvalue weighted by atomic mass is 16.4. The summed E-state index contributed by atoms with van der Waals surface area (Å²) in [7, 11) is 0. The van der Waals surface area contributed by atoms with Gasteiger partial charge in [0.15, 0.2) is 0 Å². The van der Waals surface area contributed by atoms with Gasteiger partial charge < -0.3 is 14.2 Å². The van der Waals surface area contributed by atoms with Gasteiger partial charge >= 0.3 is 5.97 Å². The molecule has 1 unspecified atom stereocenters. The van der Waals surface area contributed by atoms with Gasteiger partial charge in [-0.2, -0.15) is 0 Å². The van der Waals surface area contributed by atoms with Crippen LogP contribution in [0.4, 0.5) is 0 Å². The Morgan fingerprint density at radius 3 is 2.53 bits per heavy atom. The summed E-state index contributed by atoms with van der Waals surface area (Å²) in [6, 6.07) is -0.651. The Bertz CT molecular complexity index is 421. The average molecular weight is 206 g/mol. The van der Waals surface area contributed by atoms with Crippen LogP contribution in [0.3, 0.4) is 0 Å². The minimum atomic E-state index is -0.887. The second-order valence-electron chi connectivity index (χ2n) is 3.12. The van der Waals surface area contributed by atoms with Crippen LogP contribution >= 0.6 is 0 Å². The van der Waals surface area contributed by atoms with E-state index in [0.717, 1.165) is 0 Å². The van der Waals surface area contributed by atoms with E-state index < -0.39 is 12.0 Å². The summed E-state index contributed by atoms with van der Waals surface area (Å²) >= 11 is 0. The molecule has 15 heavy (non-hydrogen) atoms. The quantitative estimate of drug-likeness (QED) is 0.786. The SMILES string of the molecule is O=C(O)C(Cn1ccnc1)n1ccnc1. The van der Waals surface area contributed by atoms with Crippen LogP contribution in [0.25, 0.3) is 0 Å². The van der Waals surface area contributed by atoms with Crippen LogP contribution in [0.5, 0.6) is 0 Å². The smallest absolute Gasteiger partial charge is 0.328 e. The van der Waals surface area contributed by atoms with Crippen molar-refractivity contribution < 1.29 is 9.90 Å². The second kappa shape index (κ2) is 3.95. The van der Waals surface area contributed by atoms with Crippen LogP contribution in [0.15, 0.2) is 37.4 Å². The summed E-state index contributed by atoms with van der Waals surface area (Å²) in [5, 5.41) is 9.06. The van der Waals surface area contributed by atoms with Gasteiger partial charge in [0, 0.05) is 24.8 Å². The molecule has 0 saturated heterocycles. The normalized spacial score (nSPS) is 12.5. The van der Waals surface area contributed by atoms with Gasteiger partial charge in [0.2, 0.25) is 0 Å². The maximum absolute atomic E-state index is 11.0. The topological polar surface area (TPSA) is 72.9 Å². The van der Waals surface area contributed by atoms with Crippen molar-refractivity contribution in [1.82, 2.24) is 19.1 Å². The van der Waals surface area contributed by atoms with E-state index in [1.54, 1.807) is 40.2 Å². The molecule has 0 saturated carbocycles. The molecule has 1 N–H and O–H groups in total. The molecule has 0 amide bonds. The predicted octanol–water partition coefficient (Wildman–Crippen LogP) is 0.405. The third-order valence-corrected chi connectivity index (χ3v) is 2.11. The molecule has 0 fully saturated rings. The number of nitrogens with zero attached hydrogens (tertiary/aromatic N) is 4. The zero-order valence-electron chi connectivity index (χ0n) is 7.89. The van der Waals surface area contributed by atoms with Crippen LogP contribution in [-0.2, 0) is 11.3 Å². The van der Waals surface area contributed by atoms with Gasteiger partial charge in [0.1, 0.15) is 6.04 Å². The lowest BCUT2D eigenvalue weighted by atomic mass is 10.3. The Morgan fingerprint density at radius 1 is 1.27 bits per heavy atom. The molecule has 6 heteroatoms. The maximum Gasteiger partial charge on any atom is 0.328 e. The second-order valence-corrected chi connectivity index (χ2v) is 3.12. The highest BCUT2D eigenvalue weighted by Crippen LogP contribution is 2.09. The summed E-state index contributed by atoms with van der Waals surface area (Å²) in [5.74, 6) is -0.887. The Hall–Kier alpha value is -2.11. The number of carboxylic acids is 1. The van der Waals surface area contributed by atoms with Crippen LogP contribution < -0.4 is 0 Å². The van der Waals surface area contributed by atoms with E-state index in [0.29, 0.717) is 6.54 Å². The molecule has 0 radical (unpaired) electrons. The van der Waals surface area contributed by atoms with E-state index in [1.165, 1.54) is 6.33 Å². The fraction of sp³-hybridized carbons (Fsp3) is 0.222. The number of aliphatic carboxylic acids is 1. The summed E-state index contributed by atoms with van der Waals surface area (Å²) < 4.78 is 3.28. The molecule has 0 aliphatic carbocycles. The molecular weight excluding hydrogens is 196 g/mol. The molecule has 1 atom stereocenters. The molecule has 0 aliphatic heterocycles. The zero-order chi connectivity index (χ0) is 10.7. The van der Waals surface area contributed by atoms with E-state index in [4.69, 9.17) is 5.11 Å². The van der Waals surface area contributed by atoms with Crippen LogP contribution in [-0.4, -0.2) is 30.2 Å². The Kier molecular flexibility index (Phi) is 2.49. The largest absolute Gasteiger partial charge is 0.480 e. The number of imidazole rings is 2. The first kappa shape index (κ1) is 9.45. The van der Waals surface area contributed by atoms with Crippen molar-refractivity contribution in [3.05, 3.63) is 37.4 Å². The Labute approximate surface area is 85.8 Å². The monoisotopic (exact) mass is 206 g/mol. The lowest BCUT2D eigenvalue weighted by Crippen LogP contribution is -2.22. The molecule has 2 rings (SSSR count). The van der Waals surface area contributed by atoms with Gasteiger partial charge in [0.05, 0.1) is 19.2 Å². The predicted molar refractivity (Wildman–Crippen MR) is 51.1 cm³/mol. The summed E-state index contributed by atoms with van der Waals surface area (Å²) in [4.78, 5) is 18.7. The van der Waals surface area contributed by atoms with Gasteiger partial charge in [-0.05, 0) is 0 Å². The van der Waals surface area contributed by atoms with Crippen molar-refractivity contribution in [2.75, 3.05) is 0 Å². The number of hydrogen-bond acceptors (Lipinski definition) is 3. The van der Waals surface area contributed by atoms with Crippen molar-refractivity contribution >= 4 is 5.97 Å². The number of carbonyl (C=O) groups is 1. The highest BCUT2D eigenvalue weighted by molar-refractivity contribution is 5.71. The van der Waals surface area contributed by atoms with Crippen LogP contribution in [0.2, 0.25) is 0 Å². The van der Waals surface area contributed by atoms with Crippen LogP contribution in [0.1, 0.15) is 6.04 Å². The number of rotatable bonds is 4. The molecule has 2 heterocycles. The first-order valence-corrected chi connectivity index (χ1v) is 4.43. The molecule has 2 aromatic rings. The molecule has 0 bridgehead atoms. The van der Waals surface area contributed by atoms with Crippen molar-refractivity contribution in [1.29, 1.82) is 0 Å². The van der Waals surface area contributed by atoms with E-state index in [1.807, 2.05) is 0 Å². The summed E-state index contributed by atoms with van der Waals surface area (Å²) in [6.45, 7) is 0.339. The molecule has 0 aliphatic rings. The molecule has 0 spiro atoms. The van der Waals surface area contributed by atoms with E-state index >= 15 is 0 Å². The van der Waals surface area contributed by atoms with E-state index in [-0.39, 0.29) is 0 Å². The minimum absolute atomic E-state index is 0.339. The molecule has 2 aromatic heterocycles. The Morgan fingerprint density at radius 2 is 2.00 bits per heavy atom. The average Bonchev–Trinajstić information content (AvgIpc) is 2.87. The van der Waals surface area contributed by atoms with E-state index in [2.05, 4.69) is 9.97 Å². The lowest BCUT2D eigenvalue weighted by molar-refractivity contribution is -0.141. The van der Waals surface area contributed by atoms with Gasteiger partial charge in [0.25, 0.3) is 0 Å². The minimum Gasteiger partial charge on any atom is -0.480 e. The fourth-order valence-electron chi connectivity index (χ4n) is 1.35. The van der Waals surface area contributed by atoms with Crippen LogP contribution in [0, 0.1) is 0 Å². The zero-order valence-corrected chi connectivity index (χ0v) is 7.89. The first-order valence-electron chi connectivity index (χ1n) is 4.43. The van der Waals surface area contributed by atoms with Gasteiger partial charge in [-0.25, -0.2) is 14.8 Å². The van der Waals surface area contributed by atoms with Gasteiger partial charge in [-0.3, -0.25) is 0 Å². The van der Waals surface area contributed by atoms with Crippen molar-refractivity contribution in [3.63, 3.8) is 0 Å². The van der Waals surface area contributed by atoms with Crippen molar-refractivity contribution in [2.24, 2.45) is 0 Å². The molecular formula is C9H10N4O2. The van der Waals surface area contributed by atoms with Gasteiger partial charge in [-0.15, -0.1) is 0 Å². The fourth-order valence-corrected chi connectivity index (χ4v) is 1.35. The molecule has 0 aromatic carbocycles.